The van der Waals surface area contributed by atoms with E-state index in [0.29, 0.717) is 11.1 Å². The summed E-state index contributed by atoms with van der Waals surface area (Å²) in [7, 11) is -4.13. The molecule has 1 aromatic heterocycles. The van der Waals surface area contributed by atoms with Crippen molar-refractivity contribution in [2.75, 3.05) is 26.2 Å². The molecule has 2 heterocycles. The summed E-state index contributed by atoms with van der Waals surface area (Å²) in [6, 6.07) is 13.5. The van der Waals surface area contributed by atoms with Crippen LogP contribution in [0, 0.1) is 5.41 Å². The SMILES string of the molecule is O=S1(=O)NC[C@H](O)CN(Cc2ccc(OC(F)(F)F)cc2)CC2(COc3cc(-c4cccnc4)ccc31)C[C@@H](O)[C@@H](O)C2. The van der Waals surface area contributed by atoms with E-state index < -0.39 is 40.1 Å². The molecule has 5 rings (SSSR count). The Kier molecular flexibility index (Phi) is 8.97. The lowest BCUT2D eigenvalue weighted by molar-refractivity contribution is -0.274. The van der Waals surface area contributed by atoms with Gasteiger partial charge in [0.2, 0.25) is 10.0 Å². The summed E-state index contributed by atoms with van der Waals surface area (Å²) >= 11 is 0. The number of nitrogens with zero attached hydrogens (tertiary/aromatic N) is 2. The first-order chi connectivity index (χ1) is 20.3. The molecule has 1 aliphatic heterocycles. The van der Waals surface area contributed by atoms with Crippen LogP contribution >= 0.6 is 0 Å². The first-order valence-electron chi connectivity index (χ1n) is 13.6. The minimum atomic E-state index is -4.83. The van der Waals surface area contributed by atoms with Gasteiger partial charge in [-0.15, -0.1) is 13.2 Å². The molecule has 43 heavy (non-hydrogen) atoms. The van der Waals surface area contributed by atoms with Crippen molar-refractivity contribution in [2.24, 2.45) is 5.41 Å². The quantitative estimate of drug-likeness (QED) is 0.345. The molecule has 0 bridgehead atoms. The summed E-state index contributed by atoms with van der Waals surface area (Å²) in [5, 5.41) is 31.9. The number of fused-ring (bicyclic) bond motifs is 1. The van der Waals surface area contributed by atoms with E-state index in [0.717, 1.165) is 5.56 Å². The average Bonchev–Trinajstić information content (AvgIpc) is 3.23. The number of alkyl halides is 3. The first-order valence-corrected chi connectivity index (χ1v) is 15.1. The van der Waals surface area contributed by atoms with Gasteiger partial charge in [-0.25, -0.2) is 13.1 Å². The van der Waals surface area contributed by atoms with Gasteiger partial charge in [-0.1, -0.05) is 24.3 Å². The van der Waals surface area contributed by atoms with E-state index in [1.54, 1.807) is 35.5 Å². The fourth-order valence-electron chi connectivity index (χ4n) is 5.68. The number of aliphatic hydroxyl groups excluding tert-OH is 3. The van der Waals surface area contributed by atoms with Crippen molar-refractivity contribution in [3.63, 3.8) is 0 Å². The predicted molar refractivity (Wildman–Crippen MR) is 148 cm³/mol. The van der Waals surface area contributed by atoms with Gasteiger partial charge in [0.1, 0.15) is 16.4 Å². The van der Waals surface area contributed by atoms with Gasteiger partial charge in [-0.3, -0.25) is 9.88 Å². The first kappa shape index (κ1) is 31.2. The number of aromatic nitrogens is 1. The molecule has 0 radical (unpaired) electrons. The lowest BCUT2D eigenvalue weighted by Gasteiger charge is -2.37. The highest BCUT2D eigenvalue weighted by atomic mass is 32.2. The number of sulfonamides is 1. The Hall–Kier alpha value is -3.27. The van der Waals surface area contributed by atoms with E-state index in [2.05, 4.69) is 14.4 Å². The second-order valence-corrected chi connectivity index (χ2v) is 12.8. The molecule has 3 aromatic rings. The van der Waals surface area contributed by atoms with Gasteiger partial charge >= 0.3 is 6.36 Å². The Morgan fingerprint density at radius 1 is 1.05 bits per heavy atom. The lowest BCUT2D eigenvalue weighted by Crippen LogP contribution is -2.46. The highest BCUT2D eigenvalue weighted by Gasteiger charge is 2.46. The van der Waals surface area contributed by atoms with Gasteiger partial charge in [-0.2, -0.15) is 0 Å². The molecular formula is C29H32F3N3O7S. The Balaban J connectivity index is 1.47. The van der Waals surface area contributed by atoms with Crippen LogP contribution in [0.3, 0.4) is 0 Å². The molecule has 14 heteroatoms. The molecule has 232 valence electrons. The Morgan fingerprint density at radius 2 is 1.77 bits per heavy atom. The Morgan fingerprint density at radius 3 is 2.42 bits per heavy atom. The van der Waals surface area contributed by atoms with Gasteiger partial charge in [0.05, 0.1) is 24.9 Å². The Bertz CT molecular complexity index is 1500. The van der Waals surface area contributed by atoms with Gasteiger partial charge in [0.15, 0.2) is 0 Å². The smallest absolute Gasteiger partial charge is 0.492 e. The van der Waals surface area contributed by atoms with Crippen LogP contribution in [-0.4, -0.2) is 84.5 Å². The number of halogens is 3. The standard InChI is InChI=1S/C29H32F3N3O7S/c30-29(31,32)42-23-6-3-19(4-7-23)15-35-16-22(36)14-34-43(39,40)27-8-5-20(21-2-1-9-33-13-21)10-26(27)41-18-28(17-35)11-24(37)25(38)12-28/h1-10,13,22,24-25,34,36-38H,11-12,14-18H2/t22-,24-,25+,28?/m0/s1. The molecule has 2 aliphatic rings. The maximum Gasteiger partial charge on any atom is 0.573 e. The second-order valence-electron chi connectivity index (χ2n) is 11.1. The molecule has 4 N–H and O–H groups in total. The maximum atomic E-state index is 13.3. The summed E-state index contributed by atoms with van der Waals surface area (Å²) in [5.41, 5.74) is 1.15. The molecule has 1 fully saturated rings. The van der Waals surface area contributed by atoms with Crippen molar-refractivity contribution < 1.29 is 46.4 Å². The van der Waals surface area contributed by atoms with E-state index in [4.69, 9.17) is 4.74 Å². The number of pyridine rings is 1. The predicted octanol–water partition coefficient (Wildman–Crippen LogP) is 2.68. The van der Waals surface area contributed by atoms with Gasteiger partial charge in [0.25, 0.3) is 0 Å². The number of benzene rings is 2. The summed E-state index contributed by atoms with van der Waals surface area (Å²) in [4.78, 5) is 5.80. The van der Waals surface area contributed by atoms with E-state index >= 15 is 0 Å². The van der Waals surface area contributed by atoms with Crippen LogP contribution in [0.5, 0.6) is 11.5 Å². The van der Waals surface area contributed by atoms with Crippen LogP contribution in [0.4, 0.5) is 13.2 Å². The van der Waals surface area contributed by atoms with Crippen LogP contribution in [0.1, 0.15) is 18.4 Å². The van der Waals surface area contributed by atoms with E-state index in [9.17, 15) is 36.9 Å². The lowest BCUT2D eigenvalue weighted by atomic mass is 9.85. The van der Waals surface area contributed by atoms with Crippen LogP contribution in [0.15, 0.2) is 71.9 Å². The van der Waals surface area contributed by atoms with E-state index in [1.165, 1.54) is 30.3 Å². The molecule has 1 unspecified atom stereocenters. The maximum absolute atomic E-state index is 13.3. The average molecular weight is 624 g/mol. The van der Waals surface area contributed by atoms with Crippen LogP contribution < -0.4 is 14.2 Å². The molecular weight excluding hydrogens is 591 g/mol. The number of β-amino-alcohol motifs (C(OH)–C–C–N with tert-alkyl or cyclic N) is 1. The van der Waals surface area contributed by atoms with Gasteiger partial charge in [-0.05, 0) is 54.3 Å². The number of ether oxygens (including phenoxy) is 2. The number of aliphatic hydroxyl groups is 3. The minimum Gasteiger partial charge on any atom is -0.492 e. The Labute approximate surface area is 246 Å². The number of hydrogen-bond acceptors (Lipinski definition) is 9. The normalized spacial score (nSPS) is 26.6. The summed E-state index contributed by atoms with van der Waals surface area (Å²) in [6.45, 7) is 0.00352. The summed E-state index contributed by atoms with van der Waals surface area (Å²) in [5.74, 6) is -0.318. The zero-order valence-electron chi connectivity index (χ0n) is 22.9. The summed E-state index contributed by atoms with van der Waals surface area (Å²) in [6.07, 6.45) is -4.56. The minimum absolute atomic E-state index is 0.00986. The van der Waals surface area contributed by atoms with Gasteiger partial charge < -0.3 is 24.8 Å². The number of hydrogen-bond donors (Lipinski definition) is 4. The fourth-order valence-corrected chi connectivity index (χ4v) is 6.88. The van der Waals surface area contributed by atoms with Crippen LogP contribution in [0.2, 0.25) is 0 Å². The third-order valence-corrected chi connectivity index (χ3v) is 9.05. The zero-order chi connectivity index (χ0) is 30.8. The summed E-state index contributed by atoms with van der Waals surface area (Å²) < 4.78 is 77.0. The van der Waals surface area contributed by atoms with Crippen molar-refractivity contribution in [3.05, 3.63) is 72.6 Å². The number of nitrogens with one attached hydrogen (secondary N) is 1. The molecule has 2 aromatic carbocycles. The highest BCUT2D eigenvalue weighted by Crippen LogP contribution is 2.41. The molecule has 1 spiro atoms. The molecule has 0 amide bonds. The molecule has 10 nitrogen and oxygen atoms in total. The largest absolute Gasteiger partial charge is 0.573 e. The van der Waals surface area contributed by atoms with Crippen LogP contribution in [-0.2, 0) is 16.6 Å². The van der Waals surface area contributed by atoms with Gasteiger partial charge in [0, 0.05) is 49.6 Å². The number of rotatable bonds is 4. The molecule has 0 saturated heterocycles. The fraction of sp³-hybridized carbons (Fsp3) is 0.414. The molecule has 1 aliphatic carbocycles. The van der Waals surface area contributed by atoms with Crippen molar-refractivity contribution in [3.8, 4) is 22.6 Å². The van der Waals surface area contributed by atoms with E-state index in [1.807, 2.05) is 6.07 Å². The van der Waals surface area contributed by atoms with Crippen molar-refractivity contribution >= 4 is 10.0 Å². The van der Waals surface area contributed by atoms with Crippen molar-refractivity contribution in [1.82, 2.24) is 14.6 Å². The van der Waals surface area contributed by atoms with E-state index in [-0.39, 0.29) is 62.0 Å². The third-order valence-electron chi connectivity index (χ3n) is 7.59. The molecule has 4 atom stereocenters. The monoisotopic (exact) mass is 623 g/mol. The topological polar surface area (TPSA) is 141 Å². The highest BCUT2D eigenvalue weighted by molar-refractivity contribution is 7.89. The second kappa shape index (κ2) is 12.4. The zero-order valence-corrected chi connectivity index (χ0v) is 23.8. The van der Waals surface area contributed by atoms with Crippen molar-refractivity contribution in [1.29, 1.82) is 0 Å². The third kappa shape index (κ3) is 7.82. The van der Waals surface area contributed by atoms with Crippen molar-refractivity contribution in [2.45, 2.75) is 49.0 Å². The molecule has 1 saturated carbocycles. The van der Waals surface area contributed by atoms with Crippen LogP contribution in [0.25, 0.3) is 11.1 Å².